The van der Waals surface area contributed by atoms with Crippen molar-refractivity contribution in [2.24, 2.45) is 0 Å². The van der Waals surface area contributed by atoms with E-state index in [-0.39, 0.29) is 12.1 Å². The Bertz CT molecular complexity index is 737. The number of hydrogen-bond acceptors (Lipinski definition) is 6. The zero-order chi connectivity index (χ0) is 19.6. The zero-order valence-electron chi connectivity index (χ0n) is 15.7. The third-order valence-corrected chi connectivity index (χ3v) is 4.53. The van der Waals surface area contributed by atoms with E-state index in [2.05, 4.69) is 25.9 Å². The highest BCUT2D eigenvalue weighted by atomic mass is 16.5. The number of carbonyl (C=O) groups excluding carboxylic acids is 1. The Labute approximate surface area is 163 Å². The van der Waals surface area contributed by atoms with Crippen molar-refractivity contribution in [1.82, 2.24) is 30.8 Å². The second-order valence-electron chi connectivity index (χ2n) is 6.70. The van der Waals surface area contributed by atoms with Gasteiger partial charge in [0.05, 0.1) is 12.1 Å². The molecule has 1 aliphatic heterocycles. The van der Waals surface area contributed by atoms with Crippen LogP contribution in [0.5, 0.6) is 0 Å². The summed E-state index contributed by atoms with van der Waals surface area (Å²) in [6.45, 7) is 2.12. The molecule has 1 aromatic heterocycles. The maximum Gasteiger partial charge on any atom is 0.318 e. The van der Waals surface area contributed by atoms with E-state index in [1.54, 1.807) is 11.0 Å². The van der Waals surface area contributed by atoms with E-state index in [0.717, 1.165) is 18.4 Å². The van der Waals surface area contributed by atoms with Gasteiger partial charge in [-0.2, -0.15) is 0 Å². The first kappa shape index (κ1) is 20.0. The summed E-state index contributed by atoms with van der Waals surface area (Å²) in [4.78, 5) is 13.9. The molecule has 0 bridgehead atoms. The maximum atomic E-state index is 12.1. The average molecular weight is 386 g/mol. The van der Waals surface area contributed by atoms with Crippen LogP contribution in [-0.4, -0.2) is 68.5 Å². The number of hydrogen-bond donors (Lipinski definition) is 3. The number of H-pyrrole nitrogens is 1. The highest BCUT2D eigenvalue weighted by Gasteiger charge is 2.28. The summed E-state index contributed by atoms with van der Waals surface area (Å²) in [6, 6.07) is 9.74. The van der Waals surface area contributed by atoms with Gasteiger partial charge >= 0.3 is 6.03 Å². The summed E-state index contributed by atoms with van der Waals surface area (Å²) >= 11 is 0. The summed E-state index contributed by atoms with van der Waals surface area (Å²) in [5.41, 5.74) is 1.08. The normalized spacial score (nSPS) is 18.0. The van der Waals surface area contributed by atoms with Gasteiger partial charge in [0.25, 0.3) is 0 Å². The summed E-state index contributed by atoms with van der Waals surface area (Å²) in [5.74, 6) is 0.596. The molecule has 2 amide bonds. The molecule has 1 fully saturated rings. The Morgan fingerprint density at radius 3 is 2.96 bits per heavy atom. The molecule has 28 heavy (non-hydrogen) atoms. The van der Waals surface area contributed by atoms with E-state index >= 15 is 0 Å². The molecule has 2 heterocycles. The molecule has 1 aromatic carbocycles. The number of unbranched alkanes of at least 4 members (excludes halogenated alkanes) is 1. The van der Waals surface area contributed by atoms with Crippen molar-refractivity contribution < 1.29 is 14.6 Å². The molecule has 0 saturated carbocycles. The number of aromatic amines is 1. The fourth-order valence-electron chi connectivity index (χ4n) is 3.07. The lowest BCUT2D eigenvalue weighted by atomic mass is 10.1. The Kier molecular flexibility index (Phi) is 7.51. The molecular formula is C19H26N6O3. The molecule has 0 aliphatic carbocycles. The highest BCUT2D eigenvalue weighted by Crippen LogP contribution is 2.12. The second kappa shape index (κ2) is 10.5. The number of ether oxygens (including phenoxy) is 1. The van der Waals surface area contributed by atoms with Crippen LogP contribution in [0.1, 0.15) is 24.2 Å². The molecule has 2 atom stereocenters. The van der Waals surface area contributed by atoms with Gasteiger partial charge in [-0.1, -0.05) is 42.5 Å². The minimum absolute atomic E-state index is 0.0425. The van der Waals surface area contributed by atoms with Gasteiger partial charge in [0.1, 0.15) is 6.61 Å². The number of nitrogens with zero attached hydrogens (tertiary/aromatic N) is 4. The number of benzene rings is 1. The first-order chi connectivity index (χ1) is 13.7. The molecule has 3 N–H and O–H groups in total. The van der Waals surface area contributed by atoms with Crippen molar-refractivity contribution >= 4 is 6.03 Å². The average Bonchev–Trinajstić information content (AvgIpc) is 3.34. The Balaban J connectivity index is 1.37. The SMILES string of the molecule is O=C1NC[C@H](C=CC(O)Cc2ccccc2)N1CCCCOCc1nnn[nH]1. The van der Waals surface area contributed by atoms with Crippen LogP contribution in [-0.2, 0) is 17.8 Å². The van der Waals surface area contributed by atoms with Crippen LogP contribution in [0.2, 0.25) is 0 Å². The lowest BCUT2D eigenvalue weighted by Crippen LogP contribution is -2.34. The number of aromatic nitrogens is 4. The molecule has 9 heteroatoms. The van der Waals surface area contributed by atoms with Crippen LogP contribution in [0.3, 0.4) is 0 Å². The second-order valence-corrected chi connectivity index (χ2v) is 6.70. The van der Waals surface area contributed by atoms with Crippen molar-refractivity contribution in [3.63, 3.8) is 0 Å². The number of tetrazole rings is 1. The molecule has 1 saturated heterocycles. The first-order valence-electron chi connectivity index (χ1n) is 9.47. The molecule has 150 valence electrons. The minimum atomic E-state index is -0.570. The van der Waals surface area contributed by atoms with Crippen LogP contribution in [0.25, 0.3) is 0 Å². The number of aliphatic hydroxyl groups is 1. The first-order valence-corrected chi connectivity index (χ1v) is 9.47. The van der Waals surface area contributed by atoms with E-state index in [0.29, 0.717) is 38.5 Å². The van der Waals surface area contributed by atoms with Crippen molar-refractivity contribution in [2.75, 3.05) is 19.7 Å². The molecular weight excluding hydrogens is 360 g/mol. The largest absolute Gasteiger partial charge is 0.389 e. The zero-order valence-corrected chi connectivity index (χ0v) is 15.7. The van der Waals surface area contributed by atoms with Crippen LogP contribution < -0.4 is 5.32 Å². The van der Waals surface area contributed by atoms with Crippen LogP contribution in [0.15, 0.2) is 42.5 Å². The van der Waals surface area contributed by atoms with Gasteiger partial charge in [0.15, 0.2) is 5.82 Å². The van der Waals surface area contributed by atoms with E-state index in [1.165, 1.54) is 0 Å². The number of aliphatic hydroxyl groups excluding tert-OH is 1. The lowest BCUT2D eigenvalue weighted by molar-refractivity contribution is 0.110. The molecule has 0 spiro atoms. The maximum absolute atomic E-state index is 12.1. The standard InChI is InChI=1S/C19H26N6O3/c26-17(12-15-6-2-1-3-7-15)9-8-16-13-20-19(27)25(16)10-4-5-11-28-14-18-21-23-24-22-18/h1-3,6-9,16-17,26H,4-5,10-14H2,(H,20,27)(H,21,22,23,24)/t16-,17?/m0/s1. The molecule has 1 unspecified atom stereocenters. The van der Waals surface area contributed by atoms with Crippen molar-refractivity contribution in [3.05, 3.63) is 53.9 Å². The van der Waals surface area contributed by atoms with Gasteiger partial charge in [-0.3, -0.25) is 0 Å². The summed E-state index contributed by atoms with van der Waals surface area (Å²) in [7, 11) is 0. The lowest BCUT2D eigenvalue weighted by Gasteiger charge is -2.20. The molecule has 9 nitrogen and oxygen atoms in total. The quantitative estimate of drug-likeness (QED) is 0.393. The van der Waals surface area contributed by atoms with E-state index < -0.39 is 6.10 Å². The van der Waals surface area contributed by atoms with Gasteiger partial charge in [0.2, 0.25) is 0 Å². The van der Waals surface area contributed by atoms with Gasteiger partial charge in [-0.25, -0.2) is 9.89 Å². The van der Waals surface area contributed by atoms with Gasteiger partial charge in [-0.05, 0) is 28.8 Å². The van der Waals surface area contributed by atoms with Crippen molar-refractivity contribution in [1.29, 1.82) is 0 Å². The van der Waals surface area contributed by atoms with Crippen molar-refractivity contribution in [3.8, 4) is 0 Å². The Hall–Kier alpha value is -2.78. The molecule has 0 radical (unpaired) electrons. The topological polar surface area (TPSA) is 116 Å². The number of amides is 2. The van der Waals surface area contributed by atoms with Crippen LogP contribution in [0, 0.1) is 0 Å². The third-order valence-electron chi connectivity index (χ3n) is 4.53. The predicted molar refractivity (Wildman–Crippen MR) is 102 cm³/mol. The van der Waals surface area contributed by atoms with Gasteiger partial charge in [-0.15, -0.1) is 5.10 Å². The minimum Gasteiger partial charge on any atom is -0.389 e. The third kappa shape index (κ3) is 6.14. The monoisotopic (exact) mass is 386 g/mol. The van der Waals surface area contributed by atoms with Gasteiger partial charge < -0.3 is 20.1 Å². The van der Waals surface area contributed by atoms with Crippen molar-refractivity contribution in [2.45, 2.75) is 38.0 Å². The summed E-state index contributed by atoms with van der Waals surface area (Å²) in [6.07, 6.45) is 5.35. The van der Waals surface area contributed by atoms with E-state index in [9.17, 15) is 9.90 Å². The number of nitrogens with one attached hydrogen (secondary N) is 2. The Morgan fingerprint density at radius 1 is 1.32 bits per heavy atom. The van der Waals surface area contributed by atoms with E-state index in [1.807, 2.05) is 36.4 Å². The van der Waals surface area contributed by atoms with Gasteiger partial charge in [0, 0.05) is 26.1 Å². The van der Waals surface area contributed by atoms with Crippen LogP contribution in [0.4, 0.5) is 4.79 Å². The molecule has 2 aromatic rings. The number of urea groups is 1. The molecule has 3 rings (SSSR count). The highest BCUT2D eigenvalue weighted by molar-refractivity contribution is 5.77. The van der Waals surface area contributed by atoms with E-state index in [4.69, 9.17) is 4.74 Å². The fourth-order valence-corrected chi connectivity index (χ4v) is 3.07. The fraction of sp³-hybridized carbons (Fsp3) is 0.474. The van der Waals surface area contributed by atoms with Crippen LogP contribution >= 0.6 is 0 Å². The number of carbonyl (C=O) groups is 1. The molecule has 1 aliphatic rings. The summed E-state index contributed by atoms with van der Waals surface area (Å²) < 4.78 is 5.49. The Morgan fingerprint density at radius 2 is 2.18 bits per heavy atom. The smallest absolute Gasteiger partial charge is 0.318 e. The number of rotatable bonds is 11. The summed E-state index contributed by atoms with van der Waals surface area (Å²) in [5, 5.41) is 26.4. The predicted octanol–water partition coefficient (Wildman–Crippen LogP) is 1.05.